The van der Waals surface area contributed by atoms with Gasteiger partial charge in [0.1, 0.15) is 5.78 Å². The summed E-state index contributed by atoms with van der Waals surface area (Å²) in [4.78, 5) is 12.4. The first-order valence-corrected chi connectivity index (χ1v) is 14.3. The monoisotopic (exact) mass is 504 g/mol. The van der Waals surface area contributed by atoms with E-state index in [-0.39, 0.29) is 35.4 Å². The number of carbonyl (C=O) groups excluding carboxylic acids is 1. The lowest BCUT2D eigenvalue weighted by molar-refractivity contribution is -0.126. The lowest BCUT2D eigenvalue weighted by atomic mass is 9.50. The van der Waals surface area contributed by atoms with E-state index in [2.05, 4.69) is 70.7 Å². The molecule has 4 aliphatic rings. The first-order valence-electron chi connectivity index (χ1n) is 14.3. The Hall–Kier alpha value is -1.93. The van der Waals surface area contributed by atoms with Crippen LogP contribution in [0.25, 0.3) is 0 Å². The van der Waals surface area contributed by atoms with E-state index in [1.807, 2.05) is 0 Å². The summed E-state index contributed by atoms with van der Waals surface area (Å²) in [6.07, 6.45) is 4.56. The Balaban J connectivity index is 1.67. The molecule has 0 unspecified atom stereocenters. The quantitative estimate of drug-likeness (QED) is 0.363. The Labute approximate surface area is 222 Å². The summed E-state index contributed by atoms with van der Waals surface area (Å²) in [5.74, 6) is 6.72. The fraction of sp³-hybridized carbons (Fsp3) is 0.667. The zero-order chi connectivity index (χ0) is 26.8. The molecule has 0 radical (unpaired) electrons. The number of benzene rings is 1. The second-order valence-corrected chi connectivity index (χ2v) is 13.5. The van der Waals surface area contributed by atoms with E-state index >= 15 is 0 Å². The number of rotatable bonds is 2. The largest absolute Gasteiger partial charge is 0.389 e. The molecule has 0 saturated heterocycles. The molecule has 3 saturated carbocycles. The molecule has 7 atom stereocenters. The van der Waals surface area contributed by atoms with Crippen LogP contribution in [0.5, 0.6) is 0 Å². The zero-order valence-corrected chi connectivity index (χ0v) is 23.2. The smallest absolute Gasteiger partial charge is 0.156 e. The summed E-state index contributed by atoms with van der Waals surface area (Å²) in [5, 5.41) is 35.0. The molecule has 0 aromatic heterocycles. The number of hydrogen-bond donors (Lipinski definition) is 3. The number of hydrogen-bond acceptors (Lipinski definition) is 4. The van der Waals surface area contributed by atoms with Crippen LogP contribution in [0.15, 0.2) is 35.4 Å². The Bertz CT molecular complexity index is 1160. The van der Waals surface area contributed by atoms with Gasteiger partial charge in [-0.25, -0.2) is 0 Å². The van der Waals surface area contributed by atoms with E-state index in [1.165, 1.54) is 16.7 Å². The highest BCUT2D eigenvalue weighted by Gasteiger charge is 2.67. The minimum Gasteiger partial charge on any atom is -0.389 e. The molecular formula is C33H44O4. The van der Waals surface area contributed by atoms with Crippen molar-refractivity contribution < 1.29 is 20.1 Å². The Morgan fingerprint density at radius 1 is 1.11 bits per heavy atom. The van der Waals surface area contributed by atoms with E-state index in [9.17, 15) is 20.1 Å². The number of unbranched alkanes of at least 4 members (excludes halogenated alkanes) is 1. The number of aliphatic hydroxyl groups is 3. The van der Waals surface area contributed by atoms with Crippen LogP contribution in [0.4, 0.5) is 0 Å². The van der Waals surface area contributed by atoms with Crippen LogP contribution in [0.3, 0.4) is 0 Å². The SMILES string of the molecule is CCCC#C[C@]1(O)[C@H](O)C[C@H]2[C@@H]3CC[C@@]4(O)CC(=O)CCC4=C3[C@@H](c3ccc(C(C)(C)C)cc3)C[C@@]21C. The van der Waals surface area contributed by atoms with Gasteiger partial charge in [0.05, 0.1) is 11.7 Å². The molecule has 0 heterocycles. The molecule has 4 nitrogen and oxygen atoms in total. The molecule has 200 valence electrons. The number of ketones is 1. The van der Waals surface area contributed by atoms with Crippen molar-refractivity contribution in [1.82, 2.24) is 0 Å². The maximum Gasteiger partial charge on any atom is 0.156 e. The van der Waals surface area contributed by atoms with Crippen LogP contribution in [-0.2, 0) is 10.2 Å². The highest BCUT2D eigenvalue weighted by atomic mass is 16.3. The average Bonchev–Trinajstić information content (AvgIpc) is 3.03. The Morgan fingerprint density at radius 2 is 1.81 bits per heavy atom. The van der Waals surface area contributed by atoms with Crippen molar-refractivity contribution in [2.45, 2.75) is 121 Å². The molecule has 5 rings (SSSR count). The third-order valence-electron chi connectivity index (χ3n) is 10.3. The summed E-state index contributed by atoms with van der Waals surface area (Å²) in [7, 11) is 0. The summed E-state index contributed by atoms with van der Waals surface area (Å²) >= 11 is 0. The van der Waals surface area contributed by atoms with Gasteiger partial charge in [0.25, 0.3) is 0 Å². The van der Waals surface area contributed by atoms with Crippen LogP contribution in [0.2, 0.25) is 0 Å². The fourth-order valence-electron chi connectivity index (χ4n) is 8.18. The van der Waals surface area contributed by atoms with Gasteiger partial charge in [-0.1, -0.05) is 70.4 Å². The van der Waals surface area contributed by atoms with Gasteiger partial charge >= 0.3 is 0 Å². The van der Waals surface area contributed by atoms with Gasteiger partial charge in [0.2, 0.25) is 0 Å². The summed E-state index contributed by atoms with van der Waals surface area (Å²) in [6, 6.07) is 8.85. The number of allylic oxidation sites excluding steroid dienone is 1. The number of carbonyl (C=O) groups is 1. The summed E-state index contributed by atoms with van der Waals surface area (Å²) in [5.41, 5.74) is 1.78. The molecular weight excluding hydrogens is 460 g/mol. The van der Waals surface area contributed by atoms with Gasteiger partial charge in [-0.05, 0) is 72.5 Å². The van der Waals surface area contributed by atoms with Crippen molar-refractivity contribution in [2.75, 3.05) is 0 Å². The zero-order valence-electron chi connectivity index (χ0n) is 23.2. The average molecular weight is 505 g/mol. The second-order valence-electron chi connectivity index (χ2n) is 13.5. The van der Waals surface area contributed by atoms with Crippen molar-refractivity contribution in [2.24, 2.45) is 17.3 Å². The summed E-state index contributed by atoms with van der Waals surface area (Å²) < 4.78 is 0. The van der Waals surface area contributed by atoms with Crippen LogP contribution in [0, 0.1) is 29.1 Å². The molecule has 1 aromatic rings. The van der Waals surface area contributed by atoms with E-state index in [1.54, 1.807) is 0 Å². The Morgan fingerprint density at radius 3 is 2.46 bits per heavy atom. The van der Waals surface area contributed by atoms with Crippen molar-refractivity contribution in [3.05, 3.63) is 46.5 Å². The van der Waals surface area contributed by atoms with Crippen molar-refractivity contribution in [3.63, 3.8) is 0 Å². The van der Waals surface area contributed by atoms with Gasteiger partial charge in [-0.15, -0.1) is 5.92 Å². The lowest BCUT2D eigenvalue weighted by Crippen LogP contribution is -2.55. The minimum atomic E-state index is -1.46. The van der Waals surface area contributed by atoms with E-state index in [4.69, 9.17) is 0 Å². The fourth-order valence-corrected chi connectivity index (χ4v) is 8.18. The van der Waals surface area contributed by atoms with Crippen LogP contribution in [-0.4, -0.2) is 38.4 Å². The van der Waals surface area contributed by atoms with Gasteiger partial charge in [-0.2, -0.15) is 0 Å². The van der Waals surface area contributed by atoms with Gasteiger partial charge in [0.15, 0.2) is 5.60 Å². The maximum atomic E-state index is 12.4. The minimum absolute atomic E-state index is 0.0140. The second kappa shape index (κ2) is 9.08. The van der Waals surface area contributed by atoms with Gasteiger partial charge in [-0.3, -0.25) is 4.79 Å². The molecule has 3 fully saturated rings. The maximum absolute atomic E-state index is 12.4. The molecule has 0 bridgehead atoms. The van der Waals surface area contributed by atoms with Crippen LogP contribution < -0.4 is 0 Å². The molecule has 3 N–H and O–H groups in total. The topological polar surface area (TPSA) is 77.8 Å². The third-order valence-corrected chi connectivity index (χ3v) is 10.3. The highest BCUT2D eigenvalue weighted by Crippen LogP contribution is 2.67. The number of fused-ring (bicyclic) bond motifs is 4. The lowest BCUT2D eigenvalue weighted by Gasteiger charge is -2.55. The molecule has 0 spiro atoms. The van der Waals surface area contributed by atoms with Crippen LogP contribution in [0.1, 0.15) is 109 Å². The first-order chi connectivity index (χ1) is 17.3. The molecule has 37 heavy (non-hydrogen) atoms. The predicted octanol–water partition coefficient (Wildman–Crippen LogP) is 5.58. The Kier molecular flexibility index (Phi) is 6.54. The summed E-state index contributed by atoms with van der Waals surface area (Å²) in [6.45, 7) is 10.8. The van der Waals surface area contributed by atoms with Gasteiger partial charge in [0, 0.05) is 30.6 Å². The normalized spacial score (nSPS) is 39.4. The molecule has 1 aromatic carbocycles. The van der Waals surface area contributed by atoms with Crippen molar-refractivity contribution in [3.8, 4) is 11.8 Å². The van der Waals surface area contributed by atoms with Crippen LogP contribution >= 0.6 is 0 Å². The number of Topliss-reactive ketones (excluding diaryl/α,β-unsaturated/α-hetero) is 1. The number of aliphatic hydroxyl groups excluding tert-OH is 1. The highest BCUT2D eigenvalue weighted by molar-refractivity contribution is 5.82. The molecule has 4 aliphatic carbocycles. The standard InChI is InChI=1S/C33H44O4/c1-6-7-8-16-33(37)28(35)18-27-24-15-17-32(36)19-23(34)13-14-26(32)29(24)25(20-31(27,33)5)21-9-11-22(12-10-21)30(2,3)4/h9-12,24-25,27-28,35-37H,6-7,13-15,17-20H2,1-5H3/t24-,25+,27-,28+,31-,32+,33-/m0/s1. The molecule has 0 amide bonds. The van der Waals surface area contributed by atoms with Gasteiger partial charge < -0.3 is 15.3 Å². The van der Waals surface area contributed by atoms with E-state index in [0.717, 1.165) is 18.4 Å². The van der Waals surface area contributed by atoms with E-state index < -0.39 is 22.7 Å². The third kappa shape index (κ3) is 4.13. The van der Waals surface area contributed by atoms with Crippen molar-refractivity contribution >= 4 is 5.78 Å². The molecule has 0 aliphatic heterocycles. The predicted molar refractivity (Wildman–Crippen MR) is 146 cm³/mol. The van der Waals surface area contributed by atoms with Crippen molar-refractivity contribution in [1.29, 1.82) is 0 Å². The molecule has 4 heteroatoms. The first kappa shape index (κ1) is 26.7. The van der Waals surface area contributed by atoms with E-state index in [0.29, 0.717) is 38.5 Å².